The molecule has 1 saturated carbocycles. The van der Waals surface area contributed by atoms with Crippen molar-refractivity contribution in [3.8, 4) is 11.1 Å². The number of benzene rings is 2. The fourth-order valence-corrected chi connectivity index (χ4v) is 4.17. The fraction of sp³-hybridized carbons (Fsp3) is 0.417. The van der Waals surface area contributed by atoms with E-state index in [1.807, 2.05) is 12.1 Å². The zero-order valence-corrected chi connectivity index (χ0v) is 16.9. The topological polar surface area (TPSA) is 72.6 Å². The summed E-state index contributed by atoms with van der Waals surface area (Å²) in [6.45, 7) is 3.15. The van der Waals surface area contributed by atoms with Crippen molar-refractivity contribution in [1.29, 1.82) is 0 Å². The van der Waals surface area contributed by atoms with Crippen LogP contribution in [-0.2, 0) is 20.7 Å². The lowest BCUT2D eigenvalue weighted by Gasteiger charge is -2.42. The molecule has 29 heavy (non-hydrogen) atoms. The second-order valence-electron chi connectivity index (χ2n) is 8.34. The van der Waals surface area contributed by atoms with Crippen LogP contribution in [-0.4, -0.2) is 42.0 Å². The highest BCUT2D eigenvalue weighted by molar-refractivity contribution is 5.86. The summed E-state index contributed by atoms with van der Waals surface area (Å²) in [4.78, 5) is 27.0. The number of carbonyl (C=O) groups is 2. The van der Waals surface area contributed by atoms with E-state index in [4.69, 9.17) is 10.5 Å². The number of hydrogen-bond donors (Lipinski definition) is 1. The van der Waals surface area contributed by atoms with Gasteiger partial charge in [-0.25, -0.2) is 0 Å². The number of nitrogens with zero attached hydrogens (tertiary/aromatic N) is 1. The van der Waals surface area contributed by atoms with Crippen molar-refractivity contribution >= 4 is 11.8 Å². The molecule has 1 saturated heterocycles. The third kappa shape index (κ3) is 4.06. The van der Waals surface area contributed by atoms with E-state index in [2.05, 4.69) is 43.3 Å². The average molecular weight is 392 g/mol. The molecule has 1 atom stereocenters. The Hall–Kier alpha value is -2.66. The van der Waals surface area contributed by atoms with Crippen LogP contribution >= 0.6 is 0 Å². The molecule has 2 aliphatic rings. The average Bonchev–Trinajstić information content (AvgIpc) is 2.67. The van der Waals surface area contributed by atoms with Crippen LogP contribution < -0.4 is 5.73 Å². The number of ether oxygens (including phenoxy) is 1. The van der Waals surface area contributed by atoms with Gasteiger partial charge >= 0.3 is 0 Å². The summed E-state index contributed by atoms with van der Waals surface area (Å²) >= 11 is 0. The predicted molar refractivity (Wildman–Crippen MR) is 112 cm³/mol. The molecule has 1 heterocycles. The van der Waals surface area contributed by atoms with Gasteiger partial charge in [0.2, 0.25) is 5.91 Å². The number of amides is 2. The van der Waals surface area contributed by atoms with Gasteiger partial charge in [-0.05, 0) is 36.5 Å². The van der Waals surface area contributed by atoms with Gasteiger partial charge in [0.1, 0.15) is 0 Å². The number of carbonyl (C=O) groups excluding carboxylic acids is 2. The zero-order chi connectivity index (χ0) is 20.4. The van der Waals surface area contributed by atoms with E-state index in [-0.39, 0.29) is 18.4 Å². The molecule has 2 aromatic rings. The molecule has 1 aliphatic carbocycles. The van der Waals surface area contributed by atoms with E-state index in [0.717, 1.165) is 36.0 Å². The first-order chi connectivity index (χ1) is 14.0. The normalized spacial score (nSPS) is 22.2. The Morgan fingerprint density at radius 1 is 1.14 bits per heavy atom. The molecule has 2 aromatic carbocycles. The third-order valence-electron chi connectivity index (χ3n) is 6.20. The van der Waals surface area contributed by atoms with E-state index in [9.17, 15) is 9.59 Å². The van der Waals surface area contributed by atoms with E-state index in [1.54, 1.807) is 4.90 Å². The summed E-state index contributed by atoms with van der Waals surface area (Å²) in [5.74, 6) is -0.272. The van der Waals surface area contributed by atoms with Gasteiger partial charge in [0.05, 0.1) is 13.2 Å². The summed E-state index contributed by atoms with van der Waals surface area (Å²) in [6, 6.07) is 16.5. The quantitative estimate of drug-likeness (QED) is 0.850. The molecular weight excluding hydrogens is 364 g/mol. The lowest BCUT2D eigenvalue weighted by molar-refractivity contribution is -0.166. The van der Waals surface area contributed by atoms with Crippen molar-refractivity contribution in [3.05, 3.63) is 59.7 Å². The highest BCUT2D eigenvalue weighted by Crippen LogP contribution is 2.31. The Labute approximate surface area is 171 Å². The molecular formula is C24H28N2O3. The molecule has 0 radical (unpaired) electrons. The first kappa shape index (κ1) is 19.6. The molecule has 1 aliphatic heterocycles. The summed E-state index contributed by atoms with van der Waals surface area (Å²) in [6.07, 6.45) is 3.35. The maximum absolute atomic E-state index is 12.7. The van der Waals surface area contributed by atoms with Crippen LogP contribution in [0.1, 0.15) is 30.4 Å². The van der Waals surface area contributed by atoms with E-state index < -0.39 is 11.5 Å². The second kappa shape index (κ2) is 7.99. The van der Waals surface area contributed by atoms with Crippen molar-refractivity contribution in [1.82, 2.24) is 4.90 Å². The molecule has 152 valence electrons. The highest BCUT2D eigenvalue weighted by atomic mass is 16.5. The number of primary amides is 1. The second-order valence-corrected chi connectivity index (χ2v) is 8.34. The summed E-state index contributed by atoms with van der Waals surface area (Å²) in [5, 5.41) is 0. The standard InChI is InChI=1S/C24H28N2O3/c1-17-8-10-19(11-9-17)21-7-2-4-18(14-21)15-24(23(25)28)16-26(12-13-29-24)22(27)20-5-3-6-20/h2,4,7-11,14,20H,3,5-6,12-13,15-16H2,1H3,(H2,25,28). The smallest absolute Gasteiger partial charge is 0.251 e. The molecule has 2 fully saturated rings. The van der Waals surface area contributed by atoms with Crippen LogP contribution in [0.4, 0.5) is 0 Å². The van der Waals surface area contributed by atoms with Crippen LogP contribution in [0.2, 0.25) is 0 Å². The van der Waals surface area contributed by atoms with Crippen LogP contribution in [0.15, 0.2) is 48.5 Å². The van der Waals surface area contributed by atoms with Crippen molar-refractivity contribution in [2.45, 2.75) is 38.2 Å². The van der Waals surface area contributed by atoms with Crippen LogP contribution in [0.5, 0.6) is 0 Å². The number of aryl methyl sites for hydroxylation is 1. The first-order valence-corrected chi connectivity index (χ1v) is 10.4. The van der Waals surface area contributed by atoms with Crippen LogP contribution in [0, 0.1) is 12.8 Å². The summed E-state index contributed by atoms with van der Waals surface area (Å²) < 4.78 is 5.94. The molecule has 0 bridgehead atoms. The Balaban J connectivity index is 1.56. The molecule has 0 spiro atoms. The monoisotopic (exact) mass is 392 g/mol. The van der Waals surface area contributed by atoms with Crippen molar-refractivity contribution in [3.63, 3.8) is 0 Å². The van der Waals surface area contributed by atoms with Gasteiger partial charge in [-0.3, -0.25) is 9.59 Å². The number of rotatable bonds is 5. The van der Waals surface area contributed by atoms with Gasteiger partial charge in [0.15, 0.2) is 5.60 Å². The minimum atomic E-state index is -1.18. The summed E-state index contributed by atoms with van der Waals surface area (Å²) in [5.41, 5.74) is 9.01. The molecule has 0 aromatic heterocycles. The Bertz CT molecular complexity index is 905. The van der Waals surface area contributed by atoms with Crippen molar-refractivity contribution in [2.24, 2.45) is 11.7 Å². The number of hydrogen-bond acceptors (Lipinski definition) is 3. The summed E-state index contributed by atoms with van der Waals surface area (Å²) in [7, 11) is 0. The van der Waals surface area contributed by atoms with Crippen LogP contribution in [0.25, 0.3) is 11.1 Å². The molecule has 2 amide bonds. The van der Waals surface area contributed by atoms with Gasteiger partial charge < -0.3 is 15.4 Å². The molecule has 2 N–H and O–H groups in total. The minimum absolute atomic E-state index is 0.101. The Kier molecular flexibility index (Phi) is 5.41. The Morgan fingerprint density at radius 2 is 1.90 bits per heavy atom. The maximum Gasteiger partial charge on any atom is 0.251 e. The van der Waals surface area contributed by atoms with Gasteiger partial charge in [-0.1, -0.05) is 60.5 Å². The molecule has 4 rings (SSSR count). The number of nitrogens with two attached hydrogens (primary N) is 1. The third-order valence-corrected chi connectivity index (χ3v) is 6.20. The van der Waals surface area contributed by atoms with Gasteiger partial charge in [-0.2, -0.15) is 0 Å². The molecule has 1 unspecified atom stereocenters. The maximum atomic E-state index is 12.7. The van der Waals surface area contributed by atoms with Gasteiger partial charge in [0.25, 0.3) is 5.91 Å². The van der Waals surface area contributed by atoms with Gasteiger partial charge in [0, 0.05) is 18.9 Å². The largest absolute Gasteiger partial charge is 0.367 e. The lowest BCUT2D eigenvalue weighted by Crippen LogP contribution is -2.62. The highest BCUT2D eigenvalue weighted by Gasteiger charge is 2.45. The van der Waals surface area contributed by atoms with E-state index >= 15 is 0 Å². The predicted octanol–water partition coefficient (Wildman–Crippen LogP) is 3.09. The SMILES string of the molecule is Cc1ccc(-c2cccc(CC3(C(N)=O)CN(C(=O)C4CCC4)CCO3)c2)cc1. The van der Waals surface area contributed by atoms with E-state index in [1.165, 1.54) is 5.56 Å². The minimum Gasteiger partial charge on any atom is -0.367 e. The number of morpholine rings is 1. The van der Waals surface area contributed by atoms with E-state index in [0.29, 0.717) is 19.6 Å². The van der Waals surface area contributed by atoms with Crippen molar-refractivity contribution in [2.75, 3.05) is 19.7 Å². The molecule has 5 nitrogen and oxygen atoms in total. The molecule has 5 heteroatoms. The van der Waals surface area contributed by atoms with Gasteiger partial charge in [-0.15, -0.1) is 0 Å². The Morgan fingerprint density at radius 3 is 2.55 bits per heavy atom. The van der Waals surface area contributed by atoms with Crippen molar-refractivity contribution < 1.29 is 14.3 Å². The van der Waals surface area contributed by atoms with Crippen LogP contribution in [0.3, 0.4) is 0 Å². The zero-order valence-electron chi connectivity index (χ0n) is 16.9. The first-order valence-electron chi connectivity index (χ1n) is 10.4. The lowest BCUT2D eigenvalue weighted by atomic mass is 9.83. The fourth-order valence-electron chi connectivity index (χ4n) is 4.17.